The number of phenols is 1. The summed E-state index contributed by atoms with van der Waals surface area (Å²) in [7, 11) is 0. The standard InChI is InChI=1S/C35H42F5NO2S/c1-2-32(27-11-6-5-7-12-27)33(28-13-17-30(42)18-14-28)29-15-19-31(20-16-29)43-24-23-41-22-8-3-4-9-25-44-26-10-21-34(36,37)35(38,39)40/h5-7,11-20,41-42H,2-4,8-10,21-26H2,1H3/b33-32-. The third-order valence-electron chi connectivity index (χ3n) is 7.21. The average molecular weight is 636 g/mol. The van der Waals surface area contributed by atoms with Crippen molar-refractivity contribution in [3.63, 3.8) is 0 Å². The van der Waals surface area contributed by atoms with E-state index < -0.39 is 18.5 Å². The predicted molar refractivity (Wildman–Crippen MR) is 172 cm³/mol. The second-order valence-electron chi connectivity index (χ2n) is 10.6. The lowest BCUT2D eigenvalue weighted by Crippen LogP contribution is -2.36. The first-order valence-corrected chi connectivity index (χ1v) is 16.3. The highest BCUT2D eigenvalue weighted by Gasteiger charge is 2.56. The van der Waals surface area contributed by atoms with Crippen molar-refractivity contribution in [1.29, 1.82) is 0 Å². The molecule has 0 fully saturated rings. The number of rotatable bonds is 19. The van der Waals surface area contributed by atoms with E-state index in [0.29, 0.717) is 18.9 Å². The van der Waals surface area contributed by atoms with Crippen molar-refractivity contribution in [2.45, 2.75) is 64.0 Å². The molecule has 44 heavy (non-hydrogen) atoms. The average Bonchev–Trinajstić information content (AvgIpc) is 3.01. The summed E-state index contributed by atoms with van der Waals surface area (Å²) >= 11 is 1.44. The van der Waals surface area contributed by atoms with Crippen molar-refractivity contribution < 1.29 is 31.8 Å². The molecule has 0 unspecified atom stereocenters. The molecule has 0 atom stereocenters. The number of hydrogen-bond donors (Lipinski definition) is 2. The first-order valence-electron chi connectivity index (χ1n) is 15.2. The van der Waals surface area contributed by atoms with Gasteiger partial charge in [-0.05, 0) is 95.8 Å². The fraction of sp³-hybridized carbons (Fsp3) is 0.429. The number of ether oxygens (including phenoxy) is 1. The van der Waals surface area contributed by atoms with Gasteiger partial charge in [0.05, 0.1) is 0 Å². The summed E-state index contributed by atoms with van der Waals surface area (Å²) in [6.45, 7) is 4.26. The van der Waals surface area contributed by atoms with Gasteiger partial charge >= 0.3 is 12.1 Å². The maximum atomic E-state index is 12.9. The zero-order chi connectivity index (χ0) is 31.8. The van der Waals surface area contributed by atoms with Gasteiger partial charge in [0.2, 0.25) is 0 Å². The zero-order valence-electron chi connectivity index (χ0n) is 25.1. The minimum atomic E-state index is -5.45. The summed E-state index contributed by atoms with van der Waals surface area (Å²) in [6.07, 6.45) is -1.93. The molecule has 3 aromatic carbocycles. The normalized spacial score (nSPS) is 12.7. The van der Waals surface area contributed by atoms with Gasteiger partial charge in [-0.3, -0.25) is 0 Å². The molecule has 3 rings (SSSR count). The number of phenolic OH excluding ortho intramolecular Hbond substituents is 1. The van der Waals surface area contributed by atoms with E-state index in [1.807, 2.05) is 42.5 Å². The number of benzene rings is 3. The molecule has 9 heteroatoms. The zero-order valence-corrected chi connectivity index (χ0v) is 26.0. The molecule has 0 heterocycles. The van der Waals surface area contributed by atoms with E-state index in [9.17, 15) is 27.1 Å². The van der Waals surface area contributed by atoms with Gasteiger partial charge in [-0.25, -0.2) is 0 Å². The van der Waals surface area contributed by atoms with Gasteiger partial charge < -0.3 is 15.2 Å². The lowest BCUT2D eigenvalue weighted by molar-refractivity contribution is -0.284. The molecule has 0 saturated heterocycles. The summed E-state index contributed by atoms with van der Waals surface area (Å²) in [5.74, 6) is -2.47. The molecule has 3 nitrogen and oxygen atoms in total. The van der Waals surface area contributed by atoms with Gasteiger partial charge in [0.25, 0.3) is 0 Å². The molecule has 0 radical (unpaired) electrons. The monoisotopic (exact) mass is 635 g/mol. The number of aromatic hydroxyl groups is 1. The Morgan fingerprint density at radius 1 is 0.727 bits per heavy atom. The molecule has 0 aliphatic heterocycles. The van der Waals surface area contributed by atoms with Crippen molar-refractivity contribution in [3.05, 3.63) is 95.6 Å². The molecular formula is C35H42F5NO2S. The molecule has 3 aromatic rings. The summed E-state index contributed by atoms with van der Waals surface area (Å²) in [5, 5.41) is 13.2. The minimum Gasteiger partial charge on any atom is -0.508 e. The van der Waals surface area contributed by atoms with Crippen LogP contribution in [0.2, 0.25) is 0 Å². The third-order valence-corrected chi connectivity index (χ3v) is 8.37. The molecule has 2 N–H and O–H groups in total. The highest BCUT2D eigenvalue weighted by molar-refractivity contribution is 7.99. The molecule has 0 spiro atoms. The molecule has 0 saturated carbocycles. The Balaban J connectivity index is 1.35. The molecule has 0 bridgehead atoms. The summed E-state index contributed by atoms with van der Waals surface area (Å²) in [5.41, 5.74) is 5.61. The fourth-order valence-electron chi connectivity index (χ4n) is 4.84. The van der Waals surface area contributed by atoms with Crippen LogP contribution < -0.4 is 10.1 Å². The van der Waals surface area contributed by atoms with Gasteiger partial charge in [-0.1, -0.05) is 74.4 Å². The fourth-order valence-corrected chi connectivity index (χ4v) is 5.80. The number of unbranched alkanes of at least 4 members (excludes halogenated alkanes) is 3. The second kappa shape index (κ2) is 18.1. The summed E-state index contributed by atoms with van der Waals surface area (Å²) in [4.78, 5) is 0. The maximum absolute atomic E-state index is 12.9. The maximum Gasteiger partial charge on any atom is 0.453 e. The van der Waals surface area contributed by atoms with E-state index in [4.69, 9.17) is 4.74 Å². The van der Waals surface area contributed by atoms with Crippen molar-refractivity contribution >= 4 is 22.9 Å². The first kappa shape index (κ1) is 35.4. The number of alkyl halides is 5. The van der Waals surface area contributed by atoms with Crippen LogP contribution in [0, 0.1) is 0 Å². The van der Waals surface area contributed by atoms with Crippen molar-refractivity contribution in [2.24, 2.45) is 0 Å². The number of hydrogen-bond acceptors (Lipinski definition) is 4. The minimum absolute atomic E-state index is 0.140. The summed E-state index contributed by atoms with van der Waals surface area (Å²) in [6, 6.07) is 25.7. The highest BCUT2D eigenvalue weighted by Crippen LogP contribution is 2.39. The molecule has 240 valence electrons. The van der Waals surface area contributed by atoms with E-state index >= 15 is 0 Å². The van der Waals surface area contributed by atoms with Crippen molar-refractivity contribution in [1.82, 2.24) is 5.32 Å². The van der Waals surface area contributed by atoms with E-state index in [1.165, 1.54) is 17.3 Å². The summed E-state index contributed by atoms with van der Waals surface area (Å²) < 4.78 is 68.2. The largest absolute Gasteiger partial charge is 0.508 e. The van der Waals surface area contributed by atoms with Gasteiger partial charge in [-0.2, -0.15) is 33.7 Å². The van der Waals surface area contributed by atoms with Crippen LogP contribution in [0.1, 0.15) is 68.6 Å². The Morgan fingerprint density at radius 2 is 1.34 bits per heavy atom. The lowest BCUT2D eigenvalue weighted by Gasteiger charge is -2.19. The van der Waals surface area contributed by atoms with Crippen LogP contribution in [0.4, 0.5) is 22.0 Å². The van der Waals surface area contributed by atoms with E-state index in [2.05, 4.69) is 36.5 Å². The number of thioether (sulfide) groups is 1. The Kier molecular flexibility index (Phi) is 14.5. The Bertz CT molecular complexity index is 1260. The number of allylic oxidation sites excluding steroid dienone is 1. The van der Waals surface area contributed by atoms with Crippen LogP contribution in [-0.4, -0.2) is 48.4 Å². The van der Waals surface area contributed by atoms with Crippen LogP contribution in [0.25, 0.3) is 11.1 Å². The Hall–Kier alpha value is -3.04. The topological polar surface area (TPSA) is 41.5 Å². The second-order valence-corrected chi connectivity index (χ2v) is 11.8. The molecule has 0 aromatic heterocycles. The predicted octanol–water partition coefficient (Wildman–Crippen LogP) is 10.0. The molecular weight excluding hydrogens is 593 g/mol. The van der Waals surface area contributed by atoms with Crippen LogP contribution in [-0.2, 0) is 0 Å². The Morgan fingerprint density at radius 3 is 1.98 bits per heavy atom. The van der Waals surface area contributed by atoms with Crippen molar-refractivity contribution in [3.8, 4) is 11.5 Å². The van der Waals surface area contributed by atoms with Crippen molar-refractivity contribution in [2.75, 3.05) is 31.2 Å². The van der Waals surface area contributed by atoms with Gasteiger partial charge in [0.15, 0.2) is 0 Å². The van der Waals surface area contributed by atoms with E-state index in [1.54, 1.807) is 12.1 Å². The van der Waals surface area contributed by atoms with Crippen LogP contribution in [0.15, 0.2) is 78.9 Å². The third kappa shape index (κ3) is 11.5. The van der Waals surface area contributed by atoms with E-state index in [-0.39, 0.29) is 12.2 Å². The van der Waals surface area contributed by atoms with Gasteiger partial charge in [-0.15, -0.1) is 0 Å². The Labute approximate surface area is 261 Å². The van der Waals surface area contributed by atoms with Crippen LogP contribution in [0.3, 0.4) is 0 Å². The van der Waals surface area contributed by atoms with Crippen LogP contribution >= 0.6 is 11.8 Å². The number of halogens is 5. The lowest BCUT2D eigenvalue weighted by atomic mass is 9.88. The smallest absolute Gasteiger partial charge is 0.453 e. The first-order chi connectivity index (χ1) is 21.1. The van der Waals surface area contributed by atoms with Crippen LogP contribution in [0.5, 0.6) is 11.5 Å². The molecule has 0 aliphatic carbocycles. The molecule has 0 amide bonds. The van der Waals surface area contributed by atoms with E-state index in [0.717, 1.165) is 72.4 Å². The number of nitrogens with one attached hydrogen (secondary N) is 1. The quantitative estimate of drug-likeness (QED) is 0.0782. The highest BCUT2D eigenvalue weighted by atomic mass is 32.2. The molecule has 0 aliphatic rings. The SMILES string of the molecule is CC/C(=C(\c1ccc(O)cc1)c1ccc(OCCNCCCCCCSCCCC(F)(F)C(F)(F)F)cc1)c1ccccc1. The van der Waals surface area contributed by atoms with Gasteiger partial charge in [0.1, 0.15) is 18.1 Å². The van der Waals surface area contributed by atoms with Gasteiger partial charge in [0, 0.05) is 13.0 Å².